The molecule has 33 heavy (non-hydrogen) atoms. The monoisotopic (exact) mass is 579 g/mol. The lowest BCUT2D eigenvalue weighted by atomic mass is 10.2. The van der Waals surface area contributed by atoms with Gasteiger partial charge in [0.2, 0.25) is 0 Å². The molecular weight excluding hydrogens is 558 g/mol. The highest BCUT2D eigenvalue weighted by Gasteiger charge is 2.20. The molecule has 0 saturated carbocycles. The van der Waals surface area contributed by atoms with Gasteiger partial charge in [-0.1, -0.05) is 22.9 Å². The number of rotatable bonds is 8. The van der Waals surface area contributed by atoms with E-state index in [0.29, 0.717) is 44.7 Å². The fourth-order valence-corrected chi connectivity index (χ4v) is 3.99. The summed E-state index contributed by atoms with van der Waals surface area (Å²) in [4.78, 5) is 29.5. The summed E-state index contributed by atoms with van der Waals surface area (Å²) in [6, 6.07) is 8.82. The minimum Gasteiger partial charge on any atom is -0.493 e. The Morgan fingerprint density at radius 1 is 1.24 bits per heavy atom. The van der Waals surface area contributed by atoms with Crippen molar-refractivity contribution in [1.29, 1.82) is 0 Å². The van der Waals surface area contributed by atoms with Crippen molar-refractivity contribution in [3.63, 3.8) is 0 Å². The number of hydrogen-bond acceptors (Lipinski definition) is 7. The van der Waals surface area contributed by atoms with Gasteiger partial charge in [0.1, 0.15) is 5.82 Å². The zero-order valence-electron chi connectivity index (χ0n) is 18.6. The molecule has 0 spiro atoms. The van der Waals surface area contributed by atoms with Crippen LogP contribution in [0.15, 0.2) is 49.2 Å². The van der Waals surface area contributed by atoms with Crippen LogP contribution in [-0.2, 0) is 16.0 Å². The number of fused-ring (bicyclic) bond motifs is 1. The van der Waals surface area contributed by atoms with Gasteiger partial charge >= 0.3 is 5.97 Å². The number of esters is 1. The molecule has 2 aromatic carbocycles. The molecule has 8 nitrogen and oxygen atoms in total. The fraction of sp³-hybridized carbons (Fsp3) is 0.304. The van der Waals surface area contributed by atoms with Crippen LogP contribution in [0.3, 0.4) is 0 Å². The number of carbonyl (C=O) groups is 1. The second kappa shape index (κ2) is 10.9. The van der Waals surface area contributed by atoms with Crippen LogP contribution >= 0.6 is 31.9 Å². The second-order valence-corrected chi connectivity index (χ2v) is 8.72. The predicted octanol–water partition coefficient (Wildman–Crippen LogP) is 4.71. The second-order valence-electron chi connectivity index (χ2n) is 6.95. The van der Waals surface area contributed by atoms with E-state index in [9.17, 15) is 9.59 Å². The lowest BCUT2D eigenvalue weighted by Gasteiger charge is -2.17. The van der Waals surface area contributed by atoms with Gasteiger partial charge in [0.05, 0.1) is 35.3 Å². The highest BCUT2D eigenvalue weighted by molar-refractivity contribution is 9.10. The maximum atomic E-state index is 13.1. The molecule has 1 heterocycles. The number of halogens is 2. The summed E-state index contributed by atoms with van der Waals surface area (Å²) in [7, 11) is 1.50. The molecular formula is C23H23Br2N3O5. The van der Waals surface area contributed by atoms with Crippen molar-refractivity contribution in [3.8, 4) is 11.5 Å². The Hall–Kier alpha value is -2.72. The lowest BCUT2D eigenvalue weighted by molar-refractivity contribution is -0.150. The highest BCUT2D eigenvalue weighted by Crippen LogP contribution is 2.37. The topological polar surface area (TPSA) is 92.0 Å². The molecule has 0 bridgehead atoms. The van der Waals surface area contributed by atoms with Crippen LogP contribution in [0.2, 0.25) is 0 Å². The van der Waals surface area contributed by atoms with E-state index in [4.69, 9.17) is 14.2 Å². The lowest BCUT2D eigenvalue weighted by Crippen LogP contribution is -2.26. The largest absolute Gasteiger partial charge is 0.493 e. The first kappa shape index (κ1) is 24.9. The first-order chi connectivity index (χ1) is 15.8. The number of hydrogen-bond donors (Lipinski definition) is 0. The van der Waals surface area contributed by atoms with Crippen LogP contribution in [-0.4, -0.2) is 41.7 Å². The number of nitrogens with zero attached hydrogens (tertiary/aromatic N) is 3. The fourth-order valence-electron chi connectivity index (χ4n) is 3.08. The van der Waals surface area contributed by atoms with Crippen molar-refractivity contribution in [1.82, 2.24) is 9.66 Å². The third-order valence-corrected chi connectivity index (χ3v) is 5.76. The number of benzene rings is 2. The van der Waals surface area contributed by atoms with E-state index in [-0.39, 0.29) is 12.2 Å². The van der Waals surface area contributed by atoms with Gasteiger partial charge in [0, 0.05) is 10.9 Å². The van der Waals surface area contributed by atoms with Crippen molar-refractivity contribution in [2.45, 2.75) is 33.3 Å². The quantitative estimate of drug-likeness (QED) is 0.283. The molecule has 0 fully saturated rings. The summed E-state index contributed by atoms with van der Waals surface area (Å²) >= 11 is 6.85. The van der Waals surface area contributed by atoms with Crippen molar-refractivity contribution in [3.05, 3.63) is 61.0 Å². The first-order valence-corrected chi connectivity index (χ1v) is 11.8. The molecule has 0 N–H and O–H groups in total. The summed E-state index contributed by atoms with van der Waals surface area (Å²) in [5, 5.41) is 4.86. The third-order valence-electron chi connectivity index (χ3n) is 4.68. The summed E-state index contributed by atoms with van der Waals surface area (Å²) in [6.07, 6.45) is 1.26. The highest BCUT2D eigenvalue weighted by atomic mass is 79.9. The standard InChI is InChI=1S/C23H23Br2N3O5/c1-5-20-27-18-8-7-15(24)11-16(18)22(29)28(20)26-12-14-9-17(25)21(19(10-14)31-4)33-13(3)23(30)32-6-2/h7-13H,5-6H2,1-4H3/t13-/m1/s1. The van der Waals surface area contributed by atoms with Crippen molar-refractivity contribution >= 4 is 54.9 Å². The minimum absolute atomic E-state index is 0.261. The summed E-state index contributed by atoms with van der Waals surface area (Å²) < 4.78 is 18.8. The van der Waals surface area contributed by atoms with E-state index in [0.717, 1.165) is 4.47 Å². The average molecular weight is 581 g/mol. The maximum absolute atomic E-state index is 13.1. The Morgan fingerprint density at radius 3 is 2.67 bits per heavy atom. The van der Waals surface area contributed by atoms with Crippen LogP contribution in [0, 0.1) is 0 Å². The molecule has 0 unspecified atom stereocenters. The van der Waals surface area contributed by atoms with E-state index in [1.807, 2.05) is 13.0 Å². The number of aryl methyl sites for hydroxylation is 1. The molecule has 0 radical (unpaired) electrons. The van der Waals surface area contributed by atoms with E-state index < -0.39 is 12.1 Å². The maximum Gasteiger partial charge on any atom is 0.347 e. The van der Waals surface area contributed by atoms with Crippen LogP contribution < -0.4 is 15.0 Å². The molecule has 0 aliphatic carbocycles. The molecule has 3 aromatic rings. The van der Waals surface area contributed by atoms with E-state index >= 15 is 0 Å². The number of methoxy groups -OCH3 is 1. The van der Waals surface area contributed by atoms with Gasteiger partial charge in [-0.3, -0.25) is 4.79 Å². The van der Waals surface area contributed by atoms with Gasteiger partial charge in [-0.25, -0.2) is 9.78 Å². The van der Waals surface area contributed by atoms with Gasteiger partial charge in [-0.05, 0) is 65.7 Å². The predicted molar refractivity (Wildman–Crippen MR) is 133 cm³/mol. The summed E-state index contributed by atoms with van der Waals surface area (Å²) in [6.45, 7) is 5.51. The summed E-state index contributed by atoms with van der Waals surface area (Å²) in [5.74, 6) is 0.823. The molecule has 0 aliphatic rings. The van der Waals surface area contributed by atoms with Gasteiger partial charge in [-0.2, -0.15) is 9.78 Å². The molecule has 0 amide bonds. The van der Waals surface area contributed by atoms with Gasteiger partial charge < -0.3 is 14.2 Å². The third kappa shape index (κ3) is 5.62. The normalized spacial score (nSPS) is 12.2. The molecule has 1 aromatic heterocycles. The van der Waals surface area contributed by atoms with Gasteiger partial charge in [0.25, 0.3) is 5.56 Å². The minimum atomic E-state index is -0.816. The molecule has 0 saturated heterocycles. The van der Waals surface area contributed by atoms with Crippen LogP contribution in [0.1, 0.15) is 32.2 Å². The molecule has 10 heteroatoms. The molecule has 0 aliphatic heterocycles. The van der Waals surface area contributed by atoms with Crippen molar-refractivity contribution in [2.75, 3.05) is 13.7 Å². The van der Waals surface area contributed by atoms with E-state index in [2.05, 4.69) is 41.9 Å². The Kier molecular flexibility index (Phi) is 8.25. The van der Waals surface area contributed by atoms with E-state index in [1.165, 1.54) is 18.0 Å². The van der Waals surface area contributed by atoms with Crippen LogP contribution in [0.4, 0.5) is 0 Å². The van der Waals surface area contributed by atoms with Crippen molar-refractivity contribution < 1.29 is 19.0 Å². The Balaban J connectivity index is 1.98. The SMILES string of the molecule is CCOC(=O)[C@@H](C)Oc1c(Br)cc(C=Nn2c(CC)nc3ccc(Br)cc3c2=O)cc1OC. The van der Waals surface area contributed by atoms with Crippen LogP contribution in [0.5, 0.6) is 11.5 Å². The molecule has 1 atom stereocenters. The summed E-state index contributed by atoms with van der Waals surface area (Å²) in [5.41, 5.74) is 1.01. The zero-order chi connectivity index (χ0) is 24.1. The van der Waals surface area contributed by atoms with Gasteiger partial charge in [0.15, 0.2) is 17.6 Å². The Bertz CT molecular complexity index is 1270. The number of aromatic nitrogens is 2. The Morgan fingerprint density at radius 2 is 2.00 bits per heavy atom. The molecule has 174 valence electrons. The number of ether oxygens (including phenoxy) is 3. The smallest absolute Gasteiger partial charge is 0.347 e. The Labute approximate surface area is 207 Å². The van der Waals surface area contributed by atoms with Crippen molar-refractivity contribution in [2.24, 2.45) is 5.10 Å². The first-order valence-electron chi connectivity index (χ1n) is 10.2. The van der Waals surface area contributed by atoms with E-state index in [1.54, 1.807) is 38.1 Å². The van der Waals surface area contributed by atoms with Gasteiger partial charge in [-0.15, -0.1) is 0 Å². The van der Waals surface area contributed by atoms with Crippen LogP contribution in [0.25, 0.3) is 10.9 Å². The average Bonchev–Trinajstić information content (AvgIpc) is 2.80. The number of carbonyl (C=O) groups excluding carboxylic acids is 1. The molecule has 3 rings (SSSR count). The zero-order valence-corrected chi connectivity index (χ0v) is 21.8.